The second-order valence-corrected chi connectivity index (χ2v) is 12.3. The van der Waals surface area contributed by atoms with Gasteiger partial charge in [-0.25, -0.2) is 4.98 Å². The van der Waals surface area contributed by atoms with Crippen molar-refractivity contribution in [2.24, 2.45) is 0 Å². The topological polar surface area (TPSA) is 110 Å². The number of aliphatic hydroxyl groups is 1. The number of carbonyl (C=O) groups is 2. The van der Waals surface area contributed by atoms with Crippen LogP contribution in [0.1, 0.15) is 47.5 Å². The number of Topliss-reactive ketones (excluding diaryl/α,β-unsaturated/α-hetero) is 1. The number of benzene rings is 2. The molecule has 0 spiro atoms. The number of hydrogen-bond donors (Lipinski definition) is 1. The summed E-state index contributed by atoms with van der Waals surface area (Å²) < 4.78 is 8.27. The Hall–Kier alpha value is -4.48. The third-order valence-corrected chi connectivity index (χ3v) is 9.36. The average molecular weight is 612 g/mol. The van der Waals surface area contributed by atoms with Crippen LogP contribution < -0.4 is 9.64 Å². The summed E-state index contributed by atoms with van der Waals surface area (Å²) in [6.45, 7) is 6.34. The predicted molar refractivity (Wildman–Crippen MR) is 168 cm³/mol. The monoisotopic (exact) mass is 611 g/mol. The van der Waals surface area contributed by atoms with Crippen molar-refractivity contribution in [3.63, 3.8) is 0 Å². The van der Waals surface area contributed by atoms with E-state index in [0.717, 1.165) is 17.5 Å². The molecule has 6 rings (SSSR count). The summed E-state index contributed by atoms with van der Waals surface area (Å²) in [5, 5.41) is 20.6. The fraction of sp³-hybridized carbons (Fsp3) is 0.219. The summed E-state index contributed by atoms with van der Waals surface area (Å²) in [5.74, 6) is -0.573. The van der Waals surface area contributed by atoms with E-state index < -0.39 is 17.7 Å². The lowest BCUT2D eigenvalue weighted by atomic mass is 9.96. The van der Waals surface area contributed by atoms with E-state index in [1.54, 1.807) is 24.3 Å². The van der Waals surface area contributed by atoms with Gasteiger partial charge in [0, 0.05) is 11.9 Å². The van der Waals surface area contributed by atoms with E-state index in [1.165, 1.54) is 28.0 Å². The molecule has 218 valence electrons. The van der Waals surface area contributed by atoms with Gasteiger partial charge < -0.3 is 14.2 Å². The van der Waals surface area contributed by atoms with Crippen LogP contribution in [-0.2, 0) is 15.3 Å². The fourth-order valence-corrected chi connectivity index (χ4v) is 6.89. The van der Waals surface area contributed by atoms with E-state index in [-0.39, 0.29) is 22.2 Å². The fourth-order valence-electron chi connectivity index (χ4n) is 5.06. The number of aromatic nitrogens is 4. The summed E-state index contributed by atoms with van der Waals surface area (Å²) in [6, 6.07) is 20.1. The lowest BCUT2D eigenvalue weighted by Gasteiger charge is -2.22. The van der Waals surface area contributed by atoms with E-state index in [2.05, 4.69) is 15.2 Å². The van der Waals surface area contributed by atoms with E-state index >= 15 is 0 Å². The zero-order chi connectivity index (χ0) is 30.1. The molecule has 4 heterocycles. The molecule has 1 N–H and O–H groups in total. The number of thioether (sulfide) groups is 1. The number of anilines is 1. The van der Waals surface area contributed by atoms with Crippen LogP contribution in [-0.4, -0.2) is 43.0 Å². The summed E-state index contributed by atoms with van der Waals surface area (Å²) in [4.78, 5) is 33.3. The second-order valence-electron chi connectivity index (χ2n) is 10.1. The number of nitrogens with zero attached hydrogens (tertiary/aromatic N) is 5. The Morgan fingerprint density at radius 3 is 2.51 bits per heavy atom. The van der Waals surface area contributed by atoms with Crippen molar-refractivity contribution < 1.29 is 19.4 Å². The molecule has 0 aliphatic carbocycles. The van der Waals surface area contributed by atoms with Crippen LogP contribution in [0.15, 0.2) is 82.8 Å². The summed E-state index contributed by atoms with van der Waals surface area (Å²) in [6.07, 6.45) is 2.71. The maximum absolute atomic E-state index is 13.7. The first-order valence-corrected chi connectivity index (χ1v) is 15.7. The molecule has 0 saturated carbocycles. The molecule has 0 bridgehead atoms. The maximum atomic E-state index is 13.7. The van der Waals surface area contributed by atoms with Crippen molar-refractivity contribution >= 4 is 51.3 Å². The van der Waals surface area contributed by atoms with Gasteiger partial charge in [-0.05, 0) is 55.2 Å². The molecule has 1 fully saturated rings. The van der Waals surface area contributed by atoms with E-state index in [1.807, 2.05) is 73.8 Å². The number of aryl methyl sites for hydroxylation is 2. The lowest BCUT2D eigenvalue weighted by molar-refractivity contribution is -0.132. The van der Waals surface area contributed by atoms with Gasteiger partial charge in [0.05, 0.1) is 23.9 Å². The number of fused-ring (bicyclic) bond motifs is 1. The standard InChI is InChI=1S/C32H29N5O4S2/c1-4-17-41-23-14-12-22(13-15-23)26-24(27(38)25-20(3)36-16-8-9-19(2)29(36)33-25)28(39)30(40)37(26)31-34-35-32(43-31)42-18-21-10-6-5-7-11-21/h5-16,26,38H,4,17-18H2,1-3H3. The number of aliphatic hydroxyl groups excluding tert-OH is 1. The van der Waals surface area contributed by atoms with Gasteiger partial charge in [0.25, 0.3) is 5.78 Å². The van der Waals surface area contributed by atoms with Crippen molar-refractivity contribution in [2.45, 2.75) is 43.3 Å². The van der Waals surface area contributed by atoms with Crippen molar-refractivity contribution in [3.05, 3.63) is 107 Å². The first-order valence-electron chi connectivity index (χ1n) is 13.9. The Morgan fingerprint density at radius 1 is 1.02 bits per heavy atom. The summed E-state index contributed by atoms with van der Waals surface area (Å²) >= 11 is 2.73. The first-order chi connectivity index (χ1) is 20.9. The van der Waals surface area contributed by atoms with Crippen LogP contribution in [0.2, 0.25) is 0 Å². The minimum atomic E-state index is -0.939. The Morgan fingerprint density at radius 2 is 1.79 bits per heavy atom. The largest absolute Gasteiger partial charge is 0.505 e. The van der Waals surface area contributed by atoms with Gasteiger partial charge in [0.2, 0.25) is 5.13 Å². The third kappa shape index (κ3) is 5.41. The molecule has 43 heavy (non-hydrogen) atoms. The molecule has 3 aromatic heterocycles. The number of carbonyl (C=O) groups excluding carboxylic acids is 2. The molecule has 5 aromatic rings. The highest BCUT2D eigenvalue weighted by Gasteiger charge is 2.49. The van der Waals surface area contributed by atoms with E-state index in [0.29, 0.717) is 39.4 Å². The molecule has 1 amide bonds. The van der Waals surface area contributed by atoms with Crippen LogP contribution in [0.3, 0.4) is 0 Å². The number of hydrogen-bond acceptors (Lipinski definition) is 9. The molecule has 1 saturated heterocycles. The maximum Gasteiger partial charge on any atom is 0.301 e. The van der Waals surface area contributed by atoms with Crippen LogP contribution in [0.5, 0.6) is 5.75 Å². The van der Waals surface area contributed by atoms with Gasteiger partial charge in [-0.2, -0.15) is 0 Å². The van der Waals surface area contributed by atoms with Crippen molar-refractivity contribution in [3.8, 4) is 5.75 Å². The molecule has 11 heteroatoms. The number of rotatable bonds is 9. The molecule has 1 atom stereocenters. The van der Waals surface area contributed by atoms with Crippen LogP contribution in [0.4, 0.5) is 5.13 Å². The zero-order valence-electron chi connectivity index (χ0n) is 23.9. The lowest BCUT2D eigenvalue weighted by Crippen LogP contribution is -2.29. The van der Waals surface area contributed by atoms with Crippen molar-refractivity contribution in [1.29, 1.82) is 0 Å². The average Bonchev–Trinajstić information content (AvgIpc) is 3.70. The number of amides is 1. The number of ketones is 1. The summed E-state index contributed by atoms with van der Waals surface area (Å²) in [7, 11) is 0. The third-order valence-electron chi connectivity index (χ3n) is 7.23. The van der Waals surface area contributed by atoms with Gasteiger partial charge in [0.15, 0.2) is 10.1 Å². The van der Waals surface area contributed by atoms with Gasteiger partial charge >= 0.3 is 5.91 Å². The van der Waals surface area contributed by atoms with Gasteiger partial charge in [-0.15, -0.1) is 10.2 Å². The Bertz CT molecular complexity index is 1850. The van der Waals surface area contributed by atoms with E-state index in [9.17, 15) is 14.7 Å². The molecular weight excluding hydrogens is 583 g/mol. The van der Waals surface area contributed by atoms with Crippen LogP contribution in [0, 0.1) is 13.8 Å². The Labute approximate surface area is 256 Å². The molecular formula is C32H29N5O4S2. The molecule has 2 aromatic carbocycles. The molecule has 1 aliphatic rings. The predicted octanol–water partition coefficient (Wildman–Crippen LogP) is 6.51. The minimum Gasteiger partial charge on any atom is -0.505 e. The highest BCUT2D eigenvalue weighted by Crippen LogP contribution is 2.44. The highest BCUT2D eigenvalue weighted by molar-refractivity contribution is 8.00. The van der Waals surface area contributed by atoms with E-state index in [4.69, 9.17) is 4.74 Å². The summed E-state index contributed by atoms with van der Waals surface area (Å²) in [5.41, 5.74) is 4.18. The Kier molecular flexibility index (Phi) is 8.00. The Balaban J connectivity index is 1.43. The van der Waals surface area contributed by atoms with Crippen LogP contribution >= 0.6 is 23.1 Å². The van der Waals surface area contributed by atoms with Gasteiger partial charge in [-0.3, -0.25) is 14.5 Å². The smallest absolute Gasteiger partial charge is 0.301 e. The van der Waals surface area contributed by atoms with Gasteiger partial charge in [-0.1, -0.05) is 78.6 Å². The quantitative estimate of drug-likeness (QED) is 0.0661. The highest BCUT2D eigenvalue weighted by atomic mass is 32.2. The second kappa shape index (κ2) is 12.0. The molecule has 1 aliphatic heterocycles. The van der Waals surface area contributed by atoms with Crippen molar-refractivity contribution in [1.82, 2.24) is 19.6 Å². The molecule has 9 nitrogen and oxygen atoms in total. The number of imidazole rings is 1. The van der Waals surface area contributed by atoms with Crippen LogP contribution in [0.25, 0.3) is 11.4 Å². The first kappa shape index (κ1) is 28.6. The zero-order valence-corrected chi connectivity index (χ0v) is 25.5. The van der Waals surface area contributed by atoms with Gasteiger partial charge in [0.1, 0.15) is 17.1 Å². The molecule has 0 radical (unpaired) electrons. The minimum absolute atomic E-state index is 0.0509. The van der Waals surface area contributed by atoms with Crippen molar-refractivity contribution in [2.75, 3.05) is 11.5 Å². The number of ether oxygens (including phenoxy) is 1. The SMILES string of the molecule is CCCOc1ccc(C2C(=C(O)c3nc4c(C)cccn4c3C)C(=O)C(=O)N2c2nnc(SCc3ccccc3)s2)cc1. The number of pyridine rings is 1. The molecule has 1 unspecified atom stereocenters. The normalized spacial score (nSPS) is 16.3.